The molecule has 0 spiro atoms. The number of hydrogen-bond acceptors (Lipinski definition) is 5. The van der Waals surface area contributed by atoms with Crippen LogP contribution in [-0.2, 0) is 21.5 Å². The molecule has 7 heteroatoms. The molecule has 0 bridgehead atoms. The normalized spacial score (nSPS) is 17.0. The van der Waals surface area contributed by atoms with Gasteiger partial charge in [0.15, 0.2) is 0 Å². The molecule has 3 N–H and O–H groups in total. The minimum Gasteiger partial charge on any atom is -0.388 e. The van der Waals surface area contributed by atoms with Gasteiger partial charge < -0.3 is 15.7 Å². The summed E-state index contributed by atoms with van der Waals surface area (Å²) < 4.78 is 0. The first-order valence-corrected chi connectivity index (χ1v) is 10.6. The first-order chi connectivity index (χ1) is 12.5. The first kappa shape index (κ1) is 19.1. The summed E-state index contributed by atoms with van der Waals surface area (Å²) in [6, 6.07) is 7.85. The fraction of sp³-hybridized carbons (Fsp3) is 0.474. The zero-order valence-electron chi connectivity index (χ0n) is 14.8. The van der Waals surface area contributed by atoms with Crippen LogP contribution < -0.4 is 10.6 Å². The Balaban J connectivity index is 1.59. The molecule has 1 unspecified atom stereocenters. The largest absolute Gasteiger partial charge is 0.388 e. The van der Waals surface area contributed by atoms with Crippen molar-refractivity contribution in [3.63, 3.8) is 0 Å². The van der Waals surface area contributed by atoms with Crippen molar-refractivity contribution in [1.82, 2.24) is 10.6 Å². The maximum atomic E-state index is 12.2. The molecule has 1 saturated carbocycles. The molecule has 0 saturated heterocycles. The van der Waals surface area contributed by atoms with Gasteiger partial charge in [-0.1, -0.05) is 18.9 Å². The van der Waals surface area contributed by atoms with Gasteiger partial charge in [0.1, 0.15) is 0 Å². The standard InChI is InChI=1S/C19H24N2O3S2/c1-13(22)15-6-7-16(26-15)19(8-2-3-9-19)12-21-18(24)17(23)20-11-14-5-4-10-25-14/h4-7,10,13,22H,2-3,8-9,11-12H2,1H3,(H,20,23)(H,21,24). The summed E-state index contributed by atoms with van der Waals surface area (Å²) in [5.74, 6) is -1.18. The molecule has 2 amide bonds. The van der Waals surface area contributed by atoms with Gasteiger partial charge in [-0.15, -0.1) is 22.7 Å². The lowest BCUT2D eigenvalue weighted by Crippen LogP contribution is -2.45. The number of amides is 2. The van der Waals surface area contributed by atoms with Crippen molar-refractivity contribution in [3.05, 3.63) is 44.3 Å². The summed E-state index contributed by atoms with van der Waals surface area (Å²) in [6.07, 6.45) is 3.73. The summed E-state index contributed by atoms with van der Waals surface area (Å²) in [5, 5.41) is 17.2. The van der Waals surface area contributed by atoms with E-state index in [-0.39, 0.29) is 5.41 Å². The highest BCUT2D eigenvalue weighted by Gasteiger charge is 2.37. The molecular formula is C19H24N2O3S2. The van der Waals surface area contributed by atoms with Crippen LogP contribution in [0.15, 0.2) is 29.6 Å². The molecule has 2 heterocycles. The molecule has 2 aromatic rings. The van der Waals surface area contributed by atoms with Crippen molar-refractivity contribution in [3.8, 4) is 0 Å². The minimum absolute atomic E-state index is 0.124. The molecule has 3 rings (SSSR count). The second-order valence-corrected chi connectivity index (χ2v) is 8.96. The van der Waals surface area contributed by atoms with Crippen LogP contribution in [0.5, 0.6) is 0 Å². The predicted molar refractivity (Wildman–Crippen MR) is 104 cm³/mol. The molecule has 0 aromatic carbocycles. The summed E-state index contributed by atoms with van der Waals surface area (Å²) in [7, 11) is 0. The lowest BCUT2D eigenvalue weighted by Gasteiger charge is -2.28. The smallest absolute Gasteiger partial charge is 0.309 e. The first-order valence-electron chi connectivity index (χ1n) is 8.87. The van der Waals surface area contributed by atoms with Crippen LogP contribution in [0.25, 0.3) is 0 Å². The Kier molecular flexibility index (Phi) is 6.11. The van der Waals surface area contributed by atoms with Crippen molar-refractivity contribution in [2.24, 2.45) is 0 Å². The third-order valence-corrected chi connectivity index (χ3v) is 7.30. The Hall–Kier alpha value is -1.70. The van der Waals surface area contributed by atoms with E-state index in [1.165, 1.54) is 4.88 Å². The number of carbonyl (C=O) groups excluding carboxylic acids is 2. The van der Waals surface area contributed by atoms with Crippen LogP contribution >= 0.6 is 22.7 Å². The van der Waals surface area contributed by atoms with Crippen LogP contribution in [0.1, 0.15) is 53.3 Å². The van der Waals surface area contributed by atoms with Crippen molar-refractivity contribution in [2.75, 3.05) is 6.54 Å². The van der Waals surface area contributed by atoms with Gasteiger partial charge in [0.05, 0.1) is 12.6 Å². The summed E-state index contributed by atoms with van der Waals surface area (Å²) >= 11 is 3.15. The molecule has 0 aliphatic heterocycles. The van der Waals surface area contributed by atoms with Gasteiger partial charge in [0.2, 0.25) is 0 Å². The van der Waals surface area contributed by atoms with Crippen molar-refractivity contribution < 1.29 is 14.7 Å². The topological polar surface area (TPSA) is 78.4 Å². The summed E-state index contributed by atoms with van der Waals surface area (Å²) in [6.45, 7) is 2.59. The van der Waals surface area contributed by atoms with Crippen molar-refractivity contribution in [1.29, 1.82) is 0 Å². The number of nitrogens with one attached hydrogen (secondary N) is 2. The van der Waals surface area contributed by atoms with Gasteiger partial charge in [0, 0.05) is 26.6 Å². The average molecular weight is 393 g/mol. The Bertz CT molecular complexity index is 747. The number of aliphatic hydroxyl groups is 1. The second kappa shape index (κ2) is 8.33. The highest BCUT2D eigenvalue weighted by Crippen LogP contribution is 2.44. The molecule has 2 aromatic heterocycles. The van der Waals surface area contributed by atoms with Crippen molar-refractivity contribution in [2.45, 2.75) is 50.7 Å². The van der Waals surface area contributed by atoms with Gasteiger partial charge in [-0.2, -0.15) is 0 Å². The maximum Gasteiger partial charge on any atom is 0.309 e. The highest BCUT2D eigenvalue weighted by atomic mass is 32.1. The average Bonchev–Trinajstić information content (AvgIpc) is 3.39. The lowest BCUT2D eigenvalue weighted by atomic mass is 9.84. The van der Waals surface area contributed by atoms with Crippen LogP contribution in [0.4, 0.5) is 0 Å². The Morgan fingerprint density at radius 2 is 1.92 bits per heavy atom. The molecule has 5 nitrogen and oxygen atoms in total. The molecule has 1 fully saturated rings. The molecule has 140 valence electrons. The van der Waals surface area contributed by atoms with Crippen LogP contribution in [-0.4, -0.2) is 23.5 Å². The van der Waals surface area contributed by atoms with Crippen LogP contribution in [0.2, 0.25) is 0 Å². The monoisotopic (exact) mass is 392 g/mol. The zero-order valence-corrected chi connectivity index (χ0v) is 16.4. The maximum absolute atomic E-state index is 12.2. The SMILES string of the molecule is CC(O)c1ccc(C2(CNC(=O)C(=O)NCc3cccs3)CCCC2)s1. The van der Waals surface area contributed by atoms with E-state index in [1.54, 1.807) is 29.6 Å². The Morgan fingerprint density at radius 3 is 2.54 bits per heavy atom. The predicted octanol–water partition coefficient (Wildman–Crippen LogP) is 3.11. The van der Waals surface area contributed by atoms with E-state index < -0.39 is 17.9 Å². The van der Waals surface area contributed by atoms with E-state index >= 15 is 0 Å². The molecule has 1 aliphatic rings. The Labute approximate surface area is 161 Å². The van der Waals surface area contributed by atoms with Crippen LogP contribution in [0.3, 0.4) is 0 Å². The molecule has 1 aliphatic carbocycles. The Morgan fingerprint density at radius 1 is 1.19 bits per heavy atom. The number of carbonyl (C=O) groups is 2. The number of hydrogen-bond donors (Lipinski definition) is 3. The van der Waals surface area contributed by atoms with E-state index in [1.807, 2.05) is 23.6 Å². The summed E-state index contributed by atoms with van der Waals surface area (Å²) in [4.78, 5) is 27.4. The fourth-order valence-corrected chi connectivity index (χ4v) is 5.25. The zero-order chi connectivity index (χ0) is 18.6. The molecule has 0 radical (unpaired) electrons. The number of thiophene rings is 2. The van der Waals surface area contributed by atoms with Gasteiger partial charge >= 0.3 is 11.8 Å². The van der Waals surface area contributed by atoms with Gasteiger partial charge in [0.25, 0.3) is 0 Å². The van der Waals surface area contributed by atoms with Crippen LogP contribution in [0, 0.1) is 0 Å². The lowest BCUT2D eigenvalue weighted by molar-refractivity contribution is -0.139. The highest BCUT2D eigenvalue weighted by molar-refractivity contribution is 7.12. The van der Waals surface area contributed by atoms with E-state index in [9.17, 15) is 14.7 Å². The number of rotatable bonds is 6. The van der Waals surface area contributed by atoms with Gasteiger partial charge in [-0.25, -0.2) is 0 Å². The minimum atomic E-state index is -0.595. The number of aliphatic hydroxyl groups excluding tert-OH is 1. The summed E-state index contributed by atoms with van der Waals surface area (Å²) in [5.41, 5.74) is -0.124. The van der Waals surface area contributed by atoms with Gasteiger partial charge in [-0.05, 0) is 43.3 Å². The van der Waals surface area contributed by atoms with E-state index in [0.717, 1.165) is 35.4 Å². The van der Waals surface area contributed by atoms with E-state index in [4.69, 9.17) is 0 Å². The third-order valence-electron chi connectivity index (χ3n) is 4.92. The molecule has 1 atom stereocenters. The quantitative estimate of drug-likeness (QED) is 0.661. The third kappa shape index (κ3) is 4.34. The second-order valence-electron chi connectivity index (χ2n) is 6.81. The van der Waals surface area contributed by atoms with Crippen molar-refractivity contribution >= 4 is 34.5 Å². The molecular weight excluding hydrogens is 368 g/mol. The van der Waals surface area contributed by atoms with Gasteiger partial charge in [-0.3, -0.25) is 9.59 Å². The fourth-order valence-electron chi connectivity index (χ4n) is 3.42. The van der Waals surface area contributed by atoms with E-state index in [0.29, 0.717) is 13.1 Å². The molecule has 26 heavy (non-hydrogen) atoms. The van der Waals surface area contributed by atoms with E-state index in [2.05, 4.69) is 16.7 Å².